The molecule has 0 spiro atoms. The van der Waals surface area contributed by atoms with Crippen molar-refractivity contribution in [3.8, 4) is 0 Å². The first-order chi connectivity index (χ1) is 13.4. The van der Waals surface area contributed by atoms with Crippen LogP contribution < -0.4 is 5.73 Å². The fourth-order valence-electron chi connectivity index (χ4n) is 6.33. The Bertz CT molecular complexity index is 785. The van der Waals surface area contributed by atoms with Gasteiger partial charge in [-0.2, -0.15) is 0 Å². The van der Waals surface area contributed by atoms with Gasteiger partial charge in [0.1, 0.15) is 11.9 Å². The number of ether oxygens (including phenoxy) is 1. The average molecular weight is 405 g/mol. The first-order valence-electron chi connectivity index (χ1n) is 10.2. The number of carbonyl (C=O) groups excluding carboxylic acids is 2. The highest BCUT2D eigenvalue weighted by molar-refractivity contribution is 6.30. The van der Waals surface area contributed by atoms with E-state index in [9.17, 15) is 9.59 Å². The van der Waals surface area contributed by atoms with Crippen LogP contribution in [-0.2, 0) is 9.53 Å². The van der Waals surface area contributed by atoms with Gasteiger partial charge in [-0.05, 0) is 56.3 Å². The van der Waals surface area contributed by atoms with Crippen LogP contribution in [0.5, 0.6) is 0 Å². The molecule has 4 bridgehead atoms. The smallest absolute Gasteiger partial charge is 0.410 e. The third kappa shape index (κ3) is 2.95. The van der Waals surface area contributed by atoms with Gasteiger partial charge in [0, 0.05) is 31.4 Å². The summed E-state index contributed by atoms with van der Waals surface area (Å²) in [6.07, 6.45) is 8.23. The lowest BCUT2D eigenvalue weighted by atomic mass is 9.48. The van der Waals surface area contributed by atoms with Crippen molar-refractivity contribution < 1.29 is 14.3 Å². The Hall–Kier alpha value is -1.89. The first-order valence-corrected chi connectivity index (χ1v) is 10.5. The topological polar surface area (TPSA) is 98.4 Å². The number of halogens is 1. The summed E-state index contributed by atoms with van der Waals surface area (Å²) in [7, 11) is 0. The minimum absolute atomic E-state index is 0.0812. The molecule has 1 aliphatic heterocycles. The largest absolute Gasteiger partial charge is 0.446 e. The lowest BCUT2D eigenvalue weighted by Crippen LogP contribution is -2.59. The molecule has 4 saturated carbocycles. The minimum atomic E-state index is -0.357. The van der Waals surface area contributed by atoms with E-state index in [1.807, 2.05) is 0 Å². The molecule has 3 atom stereocenters. The van der Waals surface area contributed by atoms with Gasteiger partial charge in [-0.15, -0.1) is 0 Å². The van der Waals surface area contributed by atoms with Gasteiger partial charge in [0.05, 0.1) is 10.4 Å². The fourth-order valence-corrected chi connectivity index (χ4v) is 6.43. The van der Waals surface area contributed by atoms with E-state index in [4.69, 9.17) is 22.1 Å². The summed E-state index contributed by atoms with van der Waals surface area (Å²) in [6.45, 7) is 1.21. The zero-order valence-electron chi connectivity index (χ0n) is 15.7. The number of nitrogens with two attached hydrogens (primary N) is 1. The maximum Gasteiger partial charge on any atom is 0.410 e. The normalized spacial score (nSPS) is 38.6. The van der Waals surface area contributed by atoms with Gasteiger partial charge >= 0.3 is 6.09 Å². The Labute approximate surface area is 169 Å². The molecule has 5 fully saturated rings. The Morgan fingerprint density at radius 3 is 2.50 bits per heavy atom. The van der Waals surface area contributed by atoms with Crippen LogP contribution in [0.4, 0.5) is 4.79 Å². The molecule has 0 aromatic carbocycles. The monoisotopic (exact) mass is 404 g/mol. The second kappa shape index (κ2) is 6.58. The van der Waals surface area contributed by atoms with Gasteiger partial charge in [0.25, 0.3) is 0 Å². The molecule has 4 aliphatic carbocycles. The van der Waals surface area contributed by atoms with Crippen LogP contribution in [0.15, 0.2) is 12.4 Å². The summed E-state index contributed by atoms with van der Waals surface area (Å²) >= 11 is 5.86. The second-order valence-electron chi connectivity index (χ2n) is 9.15. The summed E-state index contributed by atoms with van der Waals surface area (Å²) in [5.41, 5.74) is 5.39. The lowest BCUT2D eigenvalue weighted by molar-refractivity contribution is -0.161. The summed E-state index contributed by atoms with van der Waals surface area (Å²) in [4.78, 5) is 35.2. The maximum absolute atomic E-state index is 12.8. The van der Waals surface area contributed by atoms with Crippen LogP contribution in [0, 0.1) is 23.2 Å². The number of hydrogen-bond acceptors (Lipinski definition) is 5. The van der Waals surface area contributed by atoms with E-state index < -0.39 is 0 Å². The number of rotatable bonds is 3. The van der Waals surface area contributed by atoms with Gasteiger partial charge in [-0.3, -0.25) is 4.79 Å². The van der Waals surface area contributed by atoms with Crippen LogP contribution in [0.2, 0.25) is 5.02 Å². The van der Waals surface area contributed by atoms with E-state index in [1.165, 1.54) is 0 Å². The average Bonchev–Trinajstić information content (AvgIpc) is 3.15. The molecular weight excluding hydrogens is 380 g/mol. The molecule has 5 aliphatic rings. The van der Waals surface area contributed by atoms with E-state index in [-0.39, 0.29) is 41.3 Å². The lowest BCUT2D eigenvalue weighted by Gasteiger charge is -2.58. The van der Waals surface area contributed by atoms with Crippen LogP contribution in [-0.4, -0.2) is 46.1 Å². The number of hydrogen-bond donors (Lipinski definition) is 1. The summed E-state index contributed by atoms with van der Waals surface area (Å²) in [5, 5.41) is 0.508. The van der Waals surface area contributed by atoms with Crippen molar-refractivity contribution in [1.82, 2.24) is 14.9 Å². The third-order valence-electron chi connectivity index (χ3n) is 7.40. The third-order valence-corrected chi connectivity index (χ3v) is 7.59. The standard InChI is InChI=1S/C20H25ClN4O3/c21-15-8-23-17(24-9-15)12-1-2-25(10-12)19(27)28-16-13-3-11-4-14(16)7-20(5-11,6-13)18(22)26/h8-9,11-14,16H,1-7,10H2,(H2,22,26)/t11?,12?,13?,14?,16-,20-. The minimum Gasteiger partial charge on any atom is -0.446 e. The Morgan fingerprint density at radius 1 is 1.18 bits per heavy atom. The highest BCUT2D eigenvalue weighted by Crippen LogP contribution is 2.60. The van der Waals surface area contributed by atoms with Gasteiger partial charge in [-0.25, -0.2) is 14.8 Å². The Balaban J connectivity index is 1.23. The summed E-state index contributed by atoms with van der Waals surface area (Å²) in [5.74, 6) is 1.75. The molecule has 6 rings (SSSR count). The number of amides is 2. The van der Waals surface area contributed by atoms with E-state index in [1.54, 1.807) is 17.3 Å². The molecule has 1 aromatic heterocycles. The van der Waals surface area contributed by atoms with Crippen LogP contribution in [0.3, 0.4) is 0 Å². The molecule has 2 amide bonds. The van der Waals surface area contributed by atoms with Crippen molar-refractivity contribution >= 4 is 23.6 Å². The molecule has 1 aromatic rings. The van der Waals surface area contributed by atoms with E-state index in [2.05, 4.69) is 9.97 Å². The molecule has 28 heavy (non-hydrogen) atoms. The molecule has 8 heteroatoms. The number of carbonyl (C=O) groups is 2. The molecule has 7 nitrogen and oxygen atoms in total. The SMILES string of the molecule is NC(=O)[C@]12CC3CC(C1)[C@@H](OC(=O)N1CCC(c4ncc(Cl)cn4)C1)C(C3)C2. The van der Waals surface area contributed by atoms with E-state index >= 15 is 0 Å². The Morgan fingerprint density at radius 2 is 1.86 bits per heavy atom. The Kier molecular flexibility index (Phi) is 4.27. The van der Waals surface area contributed by atoms with E-state index in [0.717, 1.165) is 44.3 Å². The number of aromatic nitrogens is 2. The number of primary amides is 1. The van der Waals surface area contributed by atoms with Crippen molar-refractivity contribution in [3.05, 3.63) is 23.2 Å². The van der Waals surface area contributed by atoms with Crippen molar-refractivity contribution in [2.24, 2.45) is 28.9 Å². The molecule has 3 unspecified atom stereocenters. The molecular formula is C20H25ClN4O3. The molecule has 0 radical (unpaired) electrons. The van der Waals surface area contributed by atoms with Gasteiger partial charge < -0.3 is 15.4 Å². The van der Waals surface area contributed by atoms with Crippen LogP contribution in [0.1, 0.15) is 50.3 Å². The van der Waals surface area contributed by atoms with Crippen molar-refractivity contribution in [2.75, 3.05) is 13.1 Å². The predicted octanol–water partition coefficient (Wildman–Crippen LogP) is 2.74. The molecule has 1 saturated heterocycles. The van der Waals surface area contributed by atoms with Gasteiger partial charge in [0.15, 0.2) is 0 Å². The predicted molar refractivity (Wildman–Crippen MR) is 101 cm³/mol. The maximum atomic E-state index is 12.8. The van der Waals surface area contributed by atoms with E-state index in [0.29, 0.717) is 24.0 Å². The van der Waals surface area contributed by atoms with Crippen LogP contribution >= 0.6 is 11.6 Å². The molecule has 150 valence electrons. The quantitative estimate of drug-likeness (QED) is 0.835. The van der Waals surface area contributed by atoms with Crippen molar-refractivity contribution in [3.63, 3.8) is 0 Å². The zero-order chi connectivity index (χ0) is 19.5. The molecule has 2 heterocycles. The zero-order valence-corrected chi connectivity index (χ0v) is 16.5. The van der Waals surface area contributed by atoms with Crippen molar-refractivity contribution in [2.45, 2.75) is 50.5 Å². The van der Waals surface area contributed by atoms with Crippen LogP contribution in [0.25, 0.3) is 0 Å². The summed E-state index contributed by atoms with van der Waals surface area (Å²) in [6, 6.07) is 0. The second-order valence-corrected chi connectivity index (χ2v) is 9.59. The number of likely N-dealkylation sites (tertiary alicyclic amines) is 1. The molecule has 2 N–H and O–H groups in total. The number of nitrogens with zero attached hydrogens (tertiary/aromatic N) is 3. The van der Waals surface area contributed by atoms with Crippen molar-refractivity contribution in [1.29, 1.82) is 0 Å². The van der Waals surface area contributed by atoms with Gasteiger partial charge in [0.2, 0.25) is 5.91 Å². The first kappa shape index (κ1) is 18.2. The highest BCUT2D eigenvalue weighted by atomic mass is 35.5. The van der Waals surface area contributed by atoms with Gasteiger partial charge in [-0.1, -0.05) is 11.6 Å². The fraction of sp³-hybridized carbons (Fsp3) is 0.700. The highest BCUT2D eigenvalue weighted by Gasteiger charge is 2.59. The summed E-state index contributed by atoms with van der Waals surface area (Å²) < 4.78 is 6.01.